The van der Waals surface area contributed by atoms with Crippen molar-refractivity contribution in [3.63, 3.8) is 0 Å². The molecule has 62 valence electrons. The number of nitrogen functional groups attached to an aromatic ring is 1. The lowest BCUT2D eigenvalue weighted by molar-refractivity contribution is 0.775. The van der Waals surface area contributed by atoms with Gasteiger partial charge in [0.05, 0.1) is 5.39 Å². The summed E-state index contributed by atoms with van der Waals surface area (Å²) in [5.41, 5.74) is 6.32. The number of nitrogens with two attached hydrogens (primary N) is 1. The Morgan fingerprint density at radius 1 is 1.42 bits per heavy atom. The van der Waals surface area contributed by atoms with E-state index in [0.29, 0.717) is 17.3 Å². The van der Waals surface area contributed by atoms with Gasteiger partial charge in [0.1, 0.15) is 11.6 Å². The summed E-state index contributed by atoms with van der Waals surface area (Å²) in [5, 5.41) is 4.93. The molecule has 5 heteroatoms. The number of hydrogen-bond donors (Lipinski definition) is 1. The highest BCUT2D eigenvalue weighted by molar-refractivity contribution is 5.84. The summed E-state index contributed by atoms with van der Waals surface area (Å²) in [6.07, 6.45) is 1.81. The first-order valence-corrected chi connectivity index (χ1v) is 3.60. The predicted octanol–water partition coefficient (Wildman–Crippen LogP) is 0.254. The van der Waals surface area contributed by atoms with Crippen molar-refractivity contribution < 1.29 is 0 Å². The molecule has 0 aromatic carbocycles. The molecule has 2 aromatic rings. The van der Waals surface area contributed by atoms with Gasteiger partial charge in [0.15, 0.2) is 5.65 Å². The van der Waals surface area contributed by atoms with Crippen LogP contribution in [0.25, 0.3) is 11.0 Å². The van der Waals surface area contributed by atoms with E-state index < -0.39 is 0 Å². The van der Waals surface area contributed by atoms with Crippen LogP contribution in [0.4, 0.5) is 5.82 Å². The maximum atomic E-state index is 5.67. The summed E-state index contributed by atoms with van der Waals surface area (Å²) in [4.78, 5) is 8.16. The molecule has 2 N–H and O–H groups in total. The van der Waals surface area contributed by atoms with Crippen LogP contribution >= 0.6 is 0 Å². The van der Waals surface area contributed by atoms with Crippen LogP contribution in [0, 0.1) is 6.92 Å². The Bertz CT molecular complexity index is 431. The van der Waals surface area contributed by atoms with Gasteiger partial charge in [-0.15, -0.1) is 0 Å². The minimum Gasteiger partial charge on any atom is -0.383 e. The maximum Gasteiger partial charge on any atom is 0.186 e. The van der Waals surface area contributed by atoms with E-state index in [4.69, 9.17) is 5.73 Å². The lowest BCUT2D eigenvalue weighted by atomic mass is 10.4. The SMILES string of the molecule is Cc1nc(N)c2cn(C)nc2n1. The third-order valence-electron chi connectivity index (χ3n) is 1.64. The van der Waals surface area contributed by atoms with E-state index in [-0.39, 0.29) is 0 Å². The Morgan fingerprint density at radius 2 is 2.17 bits per heavy atom. The van der Waals surface area contributed by atoms with Crippen molar-refractivity contribution in [2.24, 2.45) is 7.05 Å². The molecule has 0 radical (unpaired) electrons. The first-order chi connectivity index (χ1) is 5.66. The molecule has 0 atom stereocenters. The van der Waals surface area contributed by atoms with Gasteiger partial charge in [-0.25, -0.2) is 9.97 Å². The van der Waals surface area contributed by atoms with E-state index in [1.54, 1.807) is 11.6 Å². The summed E-state index contributed by atoms with van der Waals surface area (Å²) in [6.45, 7) is 1.80. The van der Waals surface area contributed by atoms with Crippen molar-refractivity contribution in [2.75, 3.05) is 5.73 Å². The topological polar surface area (TPSA) is 69.6 Å². The van der Waals surface area contributed by atoms with E-state index in [0.717, 1.165) is 5.39 Å². The predicted molar refractivity (Wildman–Crippen MR) is 45.5 cm³/mol. The molecule has 2 aromatic heterocycles. The molecule has 0 aliphatic carbocycles. The van der Waals surface area contributed by atoms with E-state index in [2.05, 4.69) is 15.1 Å². The molecule has 0 spiro atoms. The summed E-state index contributed by atoms with van der Waals surface area (Å²) in [6, 6.07) is 0. The van der Waals surface area contributed by atoms with Crippen LogP contribution in [0.3, 0.4) is 0 Å². The molecule has 2 heterocycles. The zero-order valence-electron chi connectivity index (χ0n) is 6.94. The fourth-order valence-electron chi connectivity index (χ4n) is 1.15. The molecular weight excluding hydrogens is 154 g/mol. The molecule has 0 amide bonds. The molecule has 0 fully saturated rings. The monoisotopic (exact) mass is 163 g/mol. The number of aromatic nitrogens is 4. The van der Waals surface area contributed by atoms with Crippen molar-refractivity contribution in [1.82, 2.24) is 19.7 Å². The summed E-state index contributed by atoms with van der Waals surface area (Å²) < 4.78 is 1.68. The Morgan fingerprint density at radius 3 is 2.92 bits per heavy atom. The second-order valence-corrected chi connectivity index (χ2v) is 2.70. The van der Waals surface area contributed by atoms with Crippen LogP contribution in [0.2, 0.25) is 0 Å². The number of anilines is 1. The van der Waals surface area contributed by atoms with Crippen molar-refractivity contribution in [3.05, 3.63) is 12.0 Å². The van der Waals surface area contributed by atoms with Crippen LogP contribution in [-0.2, 0) is 7.05 Å². The largest absolute Gasteiger partial charge is 0.383 e. The molecule has 0 saturated heterocycles. The van der Waals surface area contributed by atoms with Gasteiger partial charge >= 0.3 is 0 Å². The Hall–Kier alpha value is -1.65. The van der Waals surface area contributed by atoms with Gasteiger partial charge in [-0.3, -0.25) is 4.68 Å². The molecular formula is C7H9N5. The highest BCUT2D eigenvalue weighted by Gasteiger charge is 2.05. The Balaban J connectivity index is 2.88. The normalized spacial score (nSPS) is 10.8. The highest BCUT2D eigenvalue weighted by Crippen LogP contribution is 2.14. The van der Waals surface area contributed by atoms with Crippen molar-refractivity contribution in [3.8, 4) is 0 Å². The smallest absolute Gasteiger partial charge is 0.186 e. The number of nitrogens with zero attached hydrogens (tertiary/aromatic N) is 4. The van der Waals surface area contributed by atoms with Gasteiger partial charge in [0, 0.05) is 13.2 Å². The second-order valence-electron chi connectivity index (χ2n) is 2.70. The average molecular weight is 163 g/mol. The Labute approximate surface area is 69.2 Å². The van der Waals surface area contributed by atoms with Gasteiger partial charge in [-0.2, -0.15) is 5.10 Å². The second kappa shape index (κ2) is 2.17. The molecule has 0 aliphatic rings. The lowest BCUT2D eigenvalue weighted by Gasteiger charge is -1.93. The summed E-state index contributed by atoms with van der Waals surface area (Å²) in [5.74, 6) is 1.14. The molecule has 12 heavy (non-hydrogen) atoms. The molecule has 0 unspecified atom stereocenters. The lowest BCUT2D eigenvalue weighted by Crippen LogP contribution is -1.95. The molecule has 0 bridgehead atoms. The van der Waals surface area contributed by atoms with Gasteiger partial charge in [-0.05, 0) is 6.92 Å². The van der Waals surface area contributed by atoms with Crippen molar-refractivity contribution >= 4 is 16.9 Å². The van der Waals surface area contributed by atoms with E-state index >= 15 is 0 Å². The van der Waals surface area contributed by atoms with Gasteiger partial charge < -0.3 is 5.73 Å². The van der Waals surface area contributed by atoms with E-state index in [1.165, 1.54) is 0 Å². The summed E-state index contributed by atoms with van der Waals surface area (Å²) >= 11 is 0. The fourth-order valence-corrected chi connectivity index (χ4v) is 1.15. The van der Waals surface area contributed by atoms with Crippen LogP contribution in [0.15, 0.2) is 6.20 Å². The van der Waals surface area contributed by atoms with Crippen LogP contribution in [-0.4, -0.2) is 19.7 Å². The van der Waals surface area contributed by atoms with Gasteiger partial charge in [0.25, 0.3) is 0 Å². The van der Waals surface area contributed by atoms with Crippen LogP contribution < -0.4 is 5.73 Å². The maximum absolute atomic E-state index is 5.67. The number of aryl methyl sites for hydroxylation is 2. The fraction of sp³-hybridized carbons (Fsp3) is 0.286. The average Bonchev–Trinajstić information content (AvgIpc) is 2.29. The first kappa shape index (κ1) is 7.02. The third kappa shape index (κ3) is 0.903. The number of fused-ring (bicyclic) bond motifs is 1. The molecule has 2 rings (SSSR count). The van der Waals surface area contributed by atoms with Gasteiger partial charge in [-0.1, -0.05) is 0 Å². The van der Waals surface area contributed by atoms with Gasteiger partial charge in [0.2, 0.25) is 0 Å². The molecule has 0 saturated carbocycles. The van der Waals surface area contributed by atoms with E-state index in [1.807, 2.05) is 13.2 Å². The van der Waals surface area contributed by atoms with Crippen molar-refractivity contribution in [2.45, 2.75) is 6.92 Å². The minimum atomic E-state index is 0.491. The number of hydrogen-bond acceptors (Lipinski definition) is 4. The zero-order chi connectivity index (χ0) is 8.72. The molecule has 5 nitrogen and oxygen atoms in total. The summed E-state index contributed by atoms with van der Waals surface area (Å²) in [7, 11) is 1.83. The third-order valence-corrected chi connectivity index (χ3v) is 1.64. The highest BCUT2D eigenvalue weighted by atomic mass is 15.3. The minimum absolute atomic E-state index is 0.491. The van der Waals surface area contributed by atoms with Crippen LogP contribution in [0.5, 0.6) is 0 Å². The first-order valence-electron chi connectivity index (χ1n) is 3.60. The molecule has 0 aliphatic heterocycles. The standard InChI is InChI=1S/C7H9N5/c1-4-9-6(8)5-3-12(2)11-7(5)10-4/h3H,1-2H3,(H2,8,9,10,11). The van der Waals surface area contributed by atoms with Crippen LogP contribution in [0.1, 0.15) is 5.82 Å². The van der Waals surface area contributed by atoms with E-state index in [9.17, 15) is 0 Å². The zero-order valence-corrected chi connectivity index (χ0v) is 6.94. The Kier molecular flexibility index (Phi) is 1.27. The quantitative estimate of drug-likeness (QED) is 0.604. The number of rotatable bonds is 0. The van der Waals surface area contributed by atoms with Crippen molar-refractivity contribution in [1.29, 1.82) is 0 Å².